The predicted molar refractivity (Wildman–Crippen MR) is 109 cm³/mol. The zero-order chi connectivity index (χ0) is 21.8. The Kier molecular flexibility index (Phi) is 6.93. The third-order valence-electron chi connectivity index (χ3n) is 4.24. The molecule has 1 atom stereocenters. The smallest absolute Gasteiger partial charge is 0.274 e. The second kappa shape index (κ2) is 9.01. The van der Waals surface area contributed by atoms with Crippen molar-refractivity contribution in [2.24, 2.45) is 0 Å². The number of nitrogens with one attached hydrogen (secondary N) is 2. The van der Waals surface area contributed by atoms with Crippen LogP contribution in [0.3, 0.4) is 0 Å². The molecule has 2 aromatic rings. The molecule has 1 amide bonds. The van der Waals surface area contributed by atoms with Gasteiger partial charge >= 0.3 is 0 Å². The lowest BCUT2D eigenvalue weighted by Crippen LogP contribution is -2.41. The first kappa shape index (κ1) is 22.3. The van der Waals surface area contributed by atoms with Gasteiger partial charge in [0.2, 0.25) is 15.9 Å². The maximum Gasteiger partial charge on any atom is 0.274 e. The molecule has 2 aromatic carbocycles. The van der Waals surface area contributed by atoms with Gasteiger partial charge in [-0.2, -0.15) is 4.72 Å². The summed E-state index contributed by atoms with van der Waals surface area (Å²) in [6.45, 7) is 6.91. The predicted octanol–water partition coefficient (Wildman–Crippen LogP) is 2.92. The van der Waals surface area contributed by atoms with Crippen LogP contribution in [0, 0.1) is 24.0 Å². The van der Waals surface area contributed by atoms with Crippen LogP contribution in [-0.4, -0.2) is 31.9 Å². The molecule has 10 heteroatoms. The molecule has 0 unspecified atom stereocenters. The first-order valence-electron chi connectivity index (χ1n) is 8.87. The van der Waals surface area contributed by atoms with Crippen LogP contribution in [0.25, 0.3) is 0 Å². The van der Waals surface area contributed by atoms with Gasteiger partial charge in [0.05, 0.1) is 33.7 Å². The molecule has 0 aliphatic rings. The SMILES string of the molecule is CCOc1ccc(S(=O)(=O)N[C@@H](C)C(=O)Nc2cccc([N+](=O)[O-])c2C)cc1C. The van der Waals surface area contributed by atoms with Gasteiger partial charge in [0, 0.05) is 6.07 Å². The van der Waals surface area contributed by atoms with Gasteiger partial charge in [-0.05, 0) is 57.5 Å². The molecule has 0 aliphatic carbocycles. The van der Waals surface area contributed by atoms with E-state index >= 15 is 0 Å². The van der Waals surface area contributed by atoms with Crippen molar-refractivity contribution in [1.82, 2.24) is 4.72 Å². The van der Waals surface area contributed by atoms with Crippen LogP contribution in [0.1, 0.15) is 25.0 Å². The van der Waals surface area contributed by atoms with E-state index in [4.69, 9.17) is 4.74 Å². The largest absolute Gasteiger partial charge is 0.494 e. The molecule has 0 aliphatic heterocycles. The summed E-state index contributed by atoms with van der Waals surface area (Å²) >= 11 is 0. The summed E-state index contributed by atoms with van der Waals surface area (Å²) in [6, 6.07) is 7.59. The second-order valence-electron chi connectivity index (χ2n) is 6.40. The molecule has 2 N–H and O–H groups in total. The Morgan fingerprint density at radius 2 is 1.93 bits per heavy atom. The topological polar surface area (TPSA) is 128 Å². The van der Waals surface area contributed by atoms with Crippen LogP contribution in [0.4, 0.5) is 11.4 Å². The first-order chi connectivity index (χ1) is 13.6. The van der Waals surface area contributed by atoms with Gasteiger partial charge in [-0.15, -0.1) is 0 Å². The lowest BCUT2D eigenvalue weighted by molar-refractivity contribution is -0.385. The van der Waals surface area contributed by atoms with Gasteiger partial charge < -0.3 is 10.1 Å². The standard InChI is InChI=1S/C19H23N3O6S/c1-5-28-18-10-9-15(11-12(18)2)29(26,27)21-14(4)19(23)20-16-7-6-8-17(13(16)3)22(24)25/h6-11,14,21H,5H2,1-4H3,(H,20,23)/t14-/m0/s1. The summed E-state index contributed by atoms with van der Waals surface area (Å²) < 4.78 is 32.9. The highest BCUT2D eigenvalue weighted by Crippen LogP contribution is 2.25. The minimum Gasteiger partial charge on any atom is -0.494 e. The number of nitro benzene ring substituents is 1. The average molecular weight is 421 g/mol. The van der Waals surface area contributed by atoms with E-state index in [2.05, 4.69) is 10.0 Å². The quantitative estimate of drug-likeness (QED) is 0.498. The summed E-state index contributed by atoms with van der Waals surface area (Å²) in [7, 11) is -3.96. The highest BCUT2D eigenvalue weighted by atomic mass is 32.2. The zero-order valence-electron chi connectivity index (χ0n) is 16.6. The molecule has 0 bridgehead atoms. The van der Waals surface area contributed by atoms with Crippen molar-refractivity contribution in [3.8, 4) is 5.75 Å². The Hall–Kier alpha value is -2.98. The molecule has 156 valence electrons. The number of sulfonamides is 1. The molecule has 9 nitrogen and oxygen atoms in total. The van der Waals surface area contributed by atoms with Crippen molar-refractivity contribution < 1.29 is 22.9 Å². The summed E-state index contributed by atoms with van der Waals surface area (Å²) in [5, 5.41) is 13.5. The van der Waals surface area contributed by atoms with Gasteiger partial charge in [0.1, 0.15) is 5.75 Å². The molecule has 0 saturated heterocycles. The number of hydrogen-bond acceptors (Lipinski definition) is 6. The number of carbonyl (C=O) groups excluding carboxylic acids is 1. The number of rotatable bonds is 8. The molecule has 0 spiro atoms. The fourth-order valence-corrected chi connectivity index (χ4v) is 3.95. The molecular weight excluding hydrogens is 398 g/mol. The molecule has 0 heterocycles. The van der Waals surface area contributed by atoms with Crippen LogP contribution >= 0.6 is 0 Å². The Labute approximate surface area is 169 Å². The number of benzene rings is 2. The van der Waals surface area contributed by atoms with E-state index in [1.54, 1.807) is 13.0 Å². The number of hydrogen-bond donors (Lipinski definition) is 2. The van der Waals surface area contributed by atoms with Gasteiger partial charge in [0.15, 0.2) is 0 Å². The zero-order valence-corrected chi connectivity index (χ0v) is 17.4. The van der Waals surface area contributed by atoms with E-state index in [0.717, 1.165) is 0 Å². The summed E-state index contributed by atoms with van der Waals surface area (Å²) in [5.41, 5.74) is 1.04. The van der Waals surface area contributed by atoms with Crippen molar-refractivity contribution in [3.05, 3.63) is 57.6 Å². The molecule has 0 radical (unpaired) electrons. The minimum atomic E-state index is -3.96. The molecule has 0 aromatic heterocycles. The van der Waals surface area contributed by atoms with Gasteiger partial charge in [-0.3, -0.25) is 14.9 Å². The van der Waals surface area contributed by atoms with Crippen LogP contribution in [-0.2, 0) is 14.8 Å². The summed E-state index contributed by atoms with van der Waals surface area (Å²) in [5.74, 6) is -0.0572. The Bertz CT molecular complexity index is 1040. The minimum absolute atomic E-state index is 0.00429. The van der Waals surface area contributed by atoms with Crippen molar-refractivity contribution in [2.75, 3.05) is 11.9 Å². The van der Waals surface area contributed by atoms with Gasteiger partial charge in [0.25, 0.3) is 5.69 Å². The lowest BCUT2D eigenvalue weighted by atomic mass is 10.1. The first-order valence-corrected chi connectivity index (χ1v) is 10.4. The summed E-state index contributed by atoms with van der Waals surface area (Å²) in [4.78, 5) is 22.9. The molecule has 0 saturated carbocycles. The third-order valence-corrected chi connectivity index (χ3v) is 5.78. The summed E-state index contributed by atoms with van der Waals surface area (Å²) in [6.07, 6.45) is 0. The molecule has 0 fully saturated rings. The Balaban J connectivity index is 2.16. The van der Waals surface area contributed by atoms with Crippen LogP contribution in [0.15, 0.2) is 41.3 Å². The van der Waals surface area contributed by atoms with Crippen molar-refractivity contribution >= 4 is 27.3 Å². The molecule has 29 heavy (non-hydrogen) atoms. The molecule has 2 rings (SSSR count). The van der Waals surface area contributed by atoms with Gasteiger partial charge in [-0.1, -0.05) is 6.07 Å². The van der Waals surface area contributed by atoms with Crippen LogP contribution in [0.2, 0.25) is 0 Å². The number of amides is 1. The van der Waals surface area contributed by atoms with Crippen LogP contribution in [0.5, 0.6) is 5.75 Å². The molecular formula is C19H23N3O6S. The van der Waals surface area contributed by atoms with Crippen molar-refractivity contribution in [2.45, 2.75) is 38.6 Å². The maximum absolute atomic E-state index is 12.6. The monoisotopic (exact) mass is 421 g/mol. The highest BCUT2D eigenvalue weighted by molar-refractivity contribution is 7.89. The fourth-order valence-electron chi connectivity index (χ4n) is 2.66. The van der Waals surface area contributed by atoms with Crippen molar-refractivity contribution in [1.29, 1.82) is 0 Å². The third kappa shape index (κ3) is 5.30. The normalized spacial score (nSPS) is 12.3. The van der Waals surface area contributed by atoms with E-state index in [0.29, 0.717) is 17.9 Å². The number of anilines is 1. The number of nitrogens with zero attached hydrogens (tertiary/aromatic N) is 1. The number of nitro groups is 1. The number of carbonyl (C=O) groups is 1. The number of ether oxygens (including phenoxy) is 1. The van der Waals surface area contributed by atoms with E-state index in [1.165, 1.54) is 44.2 Å². The van der Waals surface area contributed by atoms with E-state index in [1.807, 2.05) is 6.92 Å². The Morgan fingerprint density at radius 3 is 2.52 bits per heavy atom. The average Bonchev–Trinajstić information content (AvgIpc) is 2.64. The Morgan fingerprint density at radius 1 is 1.24 bits per heavy atom. The number of aryl methyl sites for hydroxylation is 1. The van der Waals surface area contributed by atoms with Crippen molar-refractivity contribution in [3.63, 3.8) is 0 Å². The second-order valence-corrected chi connectivity index (χ2v) is 8.11. The lowest BCUT2D eigenvalue weighted by Gasteiger charge is -2.16. The van der Waals surface area contributed by atoms with E-state index < -0.39 is 26.9 Å². The van der Waals surface area contributed by atoms with E-state index in [-0.39, 0.29) is 21.8 Å². The highest BCUT2D eigenvalue weighted by Gasteiger charge is 2.24. The fraction of sp³-hybridized carbons (Fsp3) is 0.316. The van der Waals surface area contributed by atoms with E-state index in [9.17, 15) is 23.3 Å². The maximum atomic E-state index is 12.6. The van der Waals surface area contributed by atoms with Gasteiger partial charge in [-0.25, -0.2) is 8.42 Å². The van der Waals surface area contributed by atoms with Crippen LogP contribution < -0.4 is 14.8 Å².